The molecule has 2 rings (SSSR count). The normalized spacial score (nSPS) is 9.71. The van der Waals surface area contributed by atoms with Crippen molar-refractivity contribution >= 4 is 47.4 Å². The number of fused-ring (bicyclic) bond motifs is 1. The second-order valence-electron chi connectivity index (χ2n) is 3.16. The van der Waals surface area contributed by atoms with Crippen LogP contribution in [0.15, 0.2) is 33.5 Å². The summed E-state index contributed by atoms with van der Waals surface area (Å²) in [6, 6.07) is 6.79. The zero-order valence-electron chi connectivity index (χ0n) is 8.40. The highest BCUT2D eigenvalue weighted by atomic mass is 127. The van der Waals surface area contributed by atoms with Gasteiger partial charge in [0.25, 0.3) is 0 Å². The summed E-state index contributed by atoms with van der Waals surface area (Å²) in [6.45, 7) is 0. The first-order valence-electron chi connectivity index (χ1n) is 4.56. The molecule has 17 heavy (non-hydrogen) atoms. The molecular formula is C12H5IO3S. The number of hydrogen-bond donors (Lipinski definition) is 0. The van der Waals surface area contributed by atoms with Crippen molar-refractivity contribution in [1.82, 2.24) is 0 Å². The van der Waals surface area contributed by atoms with Crippen LogP contribution in [0.25, 0.3) is 11.0 Å². The van der Waals surface area contributed by atoms with Gasteiger partial charge in [-0.15, -0.1) is 0 Å². The maximum atomic E-state index is 11.4. The van der Waals surface area contributed by atoms with Crippen molar-refractivity contribution in [2.24, 2.45) is 0 Å². The Balaban J connectivity index is 2.63. The predicted octanol–water partition coefficient (Wildman–Crippen LogP) is 3.00. The molecule has 84 valence electrons. The molecular weight excluding hydrogens is 351 g/mol. The largest absolute Gasteiger partial charge is 0.422 e. The van der Waals surface area contributed by atoms with Crippen LogP contribution >= 0.6 is 30.1 Å². The fourth-order valence-corrected chi connectivity index (χ4v) is 1.85. The number of benzene rings is 1. The van der Waals surface area contributed by atoms with Gasteiger partial charge in [-0.25, -0.2) is 4.79 Å². The van der Waals surface area contributed by atoms with Crippen LogP contribution in [0.2, 0.25) is 0 Å². The van der Waals surface area contributed by atoms with E-state index in [-0.39, 0.29) is 5.56 Å². The topological polar surface area (TPSA) is 47.3 Å². The third kappa shape index (κ3) is 2.70. The molecule has 0 spiro atoms. The van der Waals surface area contributed by atoms with Crippen LogP contribution in [0.3, 0.4) is 0 Å². The first-order valence-corrected chi connectivity index (χ1v) is 7.92. The minimum absolute atomic E-state index is 0.0270. The van der Waals surface area contributed by atoms with Crippen molar-refractivity contribution in [3.8, 4) is 11.2 Å². The van der Waals surface area contributed by atoms with E-state index in [2.05, 4.69) is 32.4 Å². The smallest absolute Gasteiger partial charge is 0.346 e. The molecule has 0 aliphatic heterocycles. The monoisotopic (exact) mass is 356 g/mol. The van der Waals surface area contributed by atoms with E-state index in [4.69, 9.17) is 4.42 Å². The number of hydrogen-bond acceptors (Lipinski definition) is 4. The Bertz CT molecular complexity index is 694. The van der Waals surface area contributed by atoms with Gasteiger partial charge in [0, 0.05) is 32.2 Å². The maximum Gasteiger partial charge on any atom is 0.346 e. The lowest BCUT2D eigenvalue weighted by Gasteiger charge is -1.97. The Hall–Kier alpha value is -1.26. The molecule has 0 atom stereocenters. The van der Waals surface area contributed by atoms with Gasteiger partial charge in [0.1, 0.15) is 11.1 Å². The van der Waals surface area contributed by atoms with Crippen molar-refractivity contribution in [3.05, 3.63) is 45.8 Å². The van der Waals surface area contributed by atoms with Crippen LogP contribution in [0.4, 0.5) is 0 Å². The fraction of sp³-hybridized carbons (Fsp3) is 0. The molecule has 0 N–H and O–H groups in total. The first kappa shape index (κ1) is 12.2. The Morgan fingerprint density at radius 2 is 2.18 bits per heavy atom. The Labute approximate surface area is 113 Å². The van der Waals surface area contributed by atoms with E-state index in [0.717, 1.165) is 5.56 Å². The Kier molecular flexibility index (Phi) is 3.86. The summed E-state index contributed by atoms with van der Waals surface area (Å²) in [6.07, 6.45) is 0.492. The highest BCUT2D eigenvalue weighted by Gasteiger charge is 2.04. The van der Waals surface area contributed by atoms with E-state index in [1.54, 1.807) is 12.1 Å². The second kappa shape index (κ2) is 5.38. The molecule has 1 aromatic carbocycles. The van der Waals surface area contributed by atoms with Crippen LogP contribution in [-0.2, 0) is 0 Å². The summed E-state index contributed by atoms with van der Waals surface area (Å²) < 4.78 is 5.04. The van der Waals surface area contributed by atoms with Crippen molar-refractivity contribution in [2.75, 3.05) is 0 Å². The van der Waals surface area contributed by atoms with Crippen LogP contribution in [-0.4, -0.2) is 6.29 Å². The minimum atomic E-state index is -0.624. The Morgan fingerprint density at radius 1 is 1.35 bits per heavy atom. The SMILES string of the molecule is O=Cc1cc2ccc(C#CSI)cc2oc1=O. The van der Waals surface area contributed by atoms with E-state index in [9.17, 15) is 9.59 Å². The Morgan fingerprint density at radius 3 is 2.88 bits per heavy atom. The third-order valence-corrected chi connectivity index (χ3v) is 2.96. The summed E-state index contributed by atoms with van der Waals surface area (Å²) in [5.41, 5.74) is 0.606. The third-order valence-electron chi connectivity index (χ3n) is 2.12. The van der Waals surface area contributed by atoms with E-state index < -0.39 is 5.63 Å². The quantitative estimate of drug-likeness (QED) is 0.341. The van der Waals surface area contributed by atoms with Gasteiger partial charge in [0.15, 0.2) is 6.29 Å². The van der Waals surface area contributed by atoms with Gasteiger partial charge in [0.05, 0.1) is 0 Å². The van der Waals surface area contributed by atoms with Gasteiger partial charge in [-0.1, -0.05) is 5.92 Å². The lowest BCUT2D eigenvalue weighted by atomic mass is 10.1. The van der Waals surface area contributed by atoms with E-state index in [1.807, 2.05) is 6.07 Å². The highest BCUT2D eigenvalue weighted by Crippen LogP contribution is 2.15. The number of aldehydes is 1. The van der Waals surface area contributed by atoms with Crippen molar-refractivity contribution in [2.45, 2.75) is 0 Å². The summed E-state index contributed by atoms with van der Waals surface area (Å²) in [4.78, 5) is 21.9. The van der Waals surface area contributed by atoms with Crippen LogP contribution in [0.5, 0.6) is 0 Å². The van der Waals surface area contributed by atoms with Gasteiger partial charge in [-0.05, 0) is 38.5 Å². The zero-order chi connectivity index (χ0) is 12.3. The molecule has 0 unspecified atom stereocenters. The molecule has 5 heteroatoms. The van der Waals surface area contributed by atoms with Gasteiger partial charge in [-0.2, -0.15) is 0 Å². The van der Waals surface area contributed by atoms with E-state index >= 15 is 0 Å². The second-order valence-corrected chi connectivity index (χ2v) is 4.84. The average Bonchev–Trinajstić information content (AvgIpc) is 2.35. The number of carbonyl (C=O) groups is 1. The molecule has 0 aliphatic carbocycles. The lowest BCUT2D eigenvalue weighted by Crippen LogP contribution is -2.05. The molecule has 0 fully saturated rings. The number of carbonyl (C=O) groups excluding carboxylic acids is 1. The van der Waals surface area contributed by atoms with Crippen molar-refractivity contribution < 1.29 is 9.21 Å². The fourth-order valence-electron chi connectivity index (χ4n) is 1.37. The highest BCUT2D eigenvalue weighted by molar-refractivity contribution is 14.2. The molecule has 0 aliphatic rings. The first-order chi connectivity index (χ1) is 8.24. The summed E-state index contributed by atoms with van der Waals surface area (Å²) in [5.74, 6) is 2.91. The standard InChI is InChI=1S/C12H5IO3S/c13-17-4-3-8-1-2-9-6-10(7-14)12(15)16-11(9)5-8/h1-2,5-7H. The van der Waals surface area contributed by atoms with Crippen molar-refractivity contribution in [1.29, 1.82) is 0 Å². The number of halogens is 1. The molecule has 1 aromatic heterocycles. The molecule has 2 aromatic rings. The minimum Gasteiger partial charge on any atom is -0.422 e. The van der Waals surface area contributed by atoms with Gasteiger partial charge in [-0.3, -0.25) is 4.79 Å². The van der Waals surface area contributed by atoms with Crippen molar-refractivity contribution in [3.63, 3.8) is 0 Å². The molecule has 3 nitrogen and oxygen atoms in total. The summed E-state index contributed by atoms with van der Waals surface area (Å²) in [5, 5.41) is 3.55. The summed E-state index contributed by atoms with van der Waals surface area (Å²) in [7, 11) is 1.38. The summed E-state index contributed by atoms with van der Waals surface area (Å²) >= 11 is 2.08. The average molecular weight is 356 g/mol. The molecule has 0 saturated carbocycles. The number of rotatable bonds is 1. The zero-order valence-corrected chi connectivity index (χ0v) is 11.4. The van der Waals surface area contributed by atoms with Gasteiger partial charge < -0.3 is 4.42 Å². The predicted molar refractivity (Wildman–Crippen MR) is 76.4 cm³/mol. The van der Waals surface area contributed by atoms with Crippen LogP contribution < -0.4 is 5.63 Å². The molecule has 0 amide bonds. The van der Waals surface area contributed by atoms with Gasteiger partial charge in [0.2, 0.25) is 0 Å². The lowest BCUT2D eigenvalue weighted by molar-refractivity contribution is 0.112. The maximum absolute atomic E-state index is 11.4. The van der Waals surface area contributed by atoms with Crippen LogP contribution in [0, 0.1) is 11.2 Å². The van der Waals surface area contributed by atoms with Gasteiger partial charge >= 0.3 is 5.63 Å². The van der Waals surface area contributed by atoms with E-state index in [1.165, 1.54) is 15.0 Å². The molecule has 0 radical (unpaired) electrons. The van der Waals surface area contributed by atoms with E-state index in [0.29, 0.717) is 17.3 Å². The molecule has 1 heterocycles. The molecule has 0 saturated heterocycles. The van der Waals surface area contributed by atoms with Crippen LogP contribution in [0.1, 0.15) is 15.9 Å². The molecule has 0 bridgehead atoms.